The predicted octanol–water partition coefficient (Wildman–Crippen LogP) is 3.80. The molecule has 1 aromatic heterocycles. The Morgan fingerprint density at radius 1 is 1.22 bits per heavy atom. The first-order valence-electron chi connectivity index (χ1n) is 7.34. The first-order valence-corrected chi connectivity index (χ1v) is 8.16. The highest BCUT2D eigenvalue weighted by molar-refractivity contribution is 7.14. The second kappa shape index (κ2) is 6.04. The van der Waals surface area contributed by atoms with E-state index in [0.29, 0.717) is 27.6 Å². The lowest BCUT2D eigenvalue weighted by molar-refractivity contribution is 0.101. The number of aryl methyl sites for hydroxylation is 2. The van der Waals surface area contributed by atoms with E-state index >= 15 is 0 Å². The number of rotatable bonds is 4. The largest absolute Gasteiger partial charge is 0.454 e. The van der Waals surface area contributed by atoms with Crippen molar-refractivity contribution in [2.24, 2.45) is 0 Å². The van der Waals surface area contributed by atoms with Crippen molar-refractivity contribution < 1.29 is 19.1 Å². The molecule has 23 heavy (non-hydrogen) atoms. The Kier molecular flexibility index (Phi) is 4.09. The van der Waals surface area contributed by atoms with E-state index in [1.54, 1.807) is 12.1 Å². The molecule has 0 fully saturated rings. The molecule has 1 aromatic carbocycles. The highest BCUT2D eigenvalue weighted by Crippen LogP contribution is 2.37. The van der Waals surface area contributed by atoms with Crippen molar-refractivity contribution in [1.82, 2.24) is 0 Å². The number of hydrogen-bond donors (Lipinski definition) is 1. The minimum atomic E-state index is -0.223. The van der Waals surface area contributed by atoms with Crippen molar-refractivity contribution in [2.45, 2.75) is 27.2 Å². The summed E-state index contributed by atoms with van der Waals surface area (Å²) in [7, 11) is 0. The van der Waals surface area contributed by atoms with Gasteiger partial charge in [-0.3, -0.25) is 9.59 Å². The number of carbonyl (C=O) groups excluding carboxylic acids is 2. The number of amides is 1. The molecule has 1 N–H and O–H groups in total. The molecule has 0 saturated carbocycles. The molecule has 0 bridgehead atoms. The van der Waals surface area contributed by atoms with Gasteiger partial charge in [0.1, 0.15) is 0 Å². The molecule has 0 spiro atoms. The van der Waals surface area contributed by atoms with Gasteiger partial charge >= 0.3 is 0 Å². The molecular weight excluding hydrogens is 314 g/mol. The lowest BCUT2D eigenvalue weighted by Gasteiger charge is -2.09. The third kappa shape index (κ3) is 2.94. The van der Waals surface area contributed by atoms with Crippen molar-refractivity contribution in [1.29, 1.82) is 0 Å². The average Bonchev–Trinajstić information content (AvgIpc) is 3.11. The summed E-state index contributed by atoms with van der Waals surface area (Å²) >= 11 is 1.45. The molecule has 0 unspecified atom stereocenters. The number of Topliss-reactive ketones (excluding diaryl/α,β-unsaturated/α-hetero) is 1. The number of thiophene rings is 1. The third-order valence-corrected chi connectivity index (χ3v) is 4.86. The molecule has 0 radical (unpaired) electrons. The Morgan fingerprint density at radius 2 is 1.91 bits per heavy atom. The summed E-state index contributed by atoms with van der Waals surface area (Å²) < 4.78 is 10.6. The van der Waals surface area contributed by atoms with Gasteiger partial charge in [-0.1, -0.05) is 6.92 Å². The maximum Gasteiger partial charge on any atom is 0.265 e. The van der Waals surface area contributed by atoms with Gasteiger partial charge in [0, 0.05) is 16.5 Å². The van der Waals surface area contributed by atoms with Crippen LogP contribution >= 0.6 is 11.3 Å². The second-order valence-corrected chi connectivity index (χ2v) is 6.56. The zero-order valence-electron chi connectivity index (χ0n) is 13.2. The van der Waals surface area contributed by atoms with Crippen LogP contribution in [-0.2, 0) is 6.42 Å². The van der Waals surface area contributed by atoms with Crippen LogP contribution in [0.5, 0.6) is 11.5 Å². The minimum Gasteiger partial charge on any atom is -0.454 e. The van der Waals surface area contributed by atoms with Crippen molar-refractivity contribution in [3.05, 3.63) is 39.1 Å². The molecule has 2 aromatic rings. The number of nitrogens with one attached hydrogen (secondary N) is 1. The monoisotopic (exact) mass is 331 g/mol. The Bertz CT molecular complexity index is 794. The number of carbonyl (C=O) groups is 2. The molecule has 5 nitrogen and oxygen atoms in total. The lowest BCUT2D eigenvalue weighted by Crippen LogP contribution is -2.13. The first-order chi connectivity index (χ1) is 11.0. The number of ether oxygens (including phenoxy) is 2. The lowest BCUT2D eigenvalue weighted by atomic mass is 10.1. The fraction of sp³-hybridized carbons (Fsp3) is 0.294. The quantitative estimate of drug-likeness (QED) is 0.866. The van der Waals surface area contributed by atoms with E-state index in [9.17, 15) is 9.59 Å². The summed E-state index contributed by atoms with van der Waals surface area (Å²) in [4.78, 5) is 26.1. The number of fused-ring (bicyclic) bond motifs is 1. The van der Waals surface area contributed by atoms with Crippen molar-refractivity contribution in [3.8, 4) is 11.5 Å². The van der Waals surface area contributed by atoms with Gasteiger partial charge in [0.15, 0.2) is 17.3 Å². The van der Waals surface area contributed by atoms with Crippen molar-refractivity contribution in [3.63, 3.8) is 0 Å². The van der Waals surface area contributed by atoms with Gasteiger partial charge in [0.05, 0.1) is 10.6 Å². The fourth-order valence-corrected chi connectivity index (χ4v) is 3.51. The number of anilines is 1. The van der Waals surface area contributed by atoms with Gasteiger partial charge < -0.3 is 14.8 Å². The SMILES string of the molecule is CCc1cc(C(=O)Nc2cc3c(cc2C(C)=O)OCO3)sc1C. The molecule has 1 aliphatic heterocycles. The smallest absolute Gasteiger partial charge is 0.265 e. The third-order valence-electron chi connectivity index (χ3n) is 3.77. The topological polar surface area (TPSA) is 64.6 Å². The van der Waals surface area contributed by atoms with Gasteiger partial charge in [-0.2, -0.15) is 0 Å². The van der Waals surface area contributed by atoms with Gasteiger partial charge in [-0.05, 0) is 38.0 Å². The fourth-order valence-electron chi connectivity index (χ4n) is 2.50. The van der Waals surface area contributed by atoms with E-state index in [2.05, 4.69) is 12.2 Å². The van der Waals surface area contributed by atoms with Gasteiger partial charge in [-0.15, -0.1) is 11.3 Å². The summed E-state index contributed by atoms with van der Waals surface area (Å²) in [5.41, 5.74) is 2.01. The van der Waals surface area contributed by atoms with Gasteiger partial charge in [0.25, 0.3) is 5.91 Å². The summed E-state index contributed by atoms with van der Waals surface area (Å²) in [6, 6.07) is 5.14. The van der Waals surface area contributed by atoms with E-state index in [1.165, 1.54) is 18.3 Å². The summed E-state index contributed by atoms with van der Waals surface area (Å²) in [5, 5.41) is 2.82. The molecule has 0 atom stereocenters. The van der Waals surface area contributed by atoms with Crippen LogP contribution in [0.3, 0.4) is 0 Å². The van der Waals surface area contributed by atoms with Crippen LogP contribution in [-0.4, -0.2) is 18.5 Å². The molecule has 0 saturated heterocycles. The average molecular weight is 331 g/mol. The van der Waals surface area contributed by atoms with Gasteiger partial charge in [0.2, 0.25) is 6.79 Å². The Morgan fingerprint density at radius 3 is 2.52 bits per heavy atom. The molecule has 2 heterocycles. The number of hydrogen-bond acceptors (Lipinski definition) is 5. The summed E-state index contributed by atoms with van der Waals surface area (Å²) in [6.07, 6.45) is 0.887. The minimum absolute atomic E-state index is 0.119. The standard InChI is InChI=1S/C17H17NO4S/c1-4-11-5-16(23-10(11)3)17(20)18-13-7-15-14(21-8-22-15)6-12(13)9(2)19/h5-7H,4,8H2,1-3H3,(H,18,20). The molecule has 3 rings (SSSR count). The van der Waals surface area contributed by atoms with E-state index in [4.69, 9.17) is 9.47 Å². The first kappa shape index (κ1) is 15.6. The molecule has 6 heteroatoms. The normalized spacial score (nSPS) is 12.3. The molecule has 0 aliphatic carbocycles. The maximum absolute atomic E-state index is 12.5. The Hall–Kier alpha value is -2.34. The zero-order chi connectivity index (χ0) is 16.6. The molecule has 120 valence electrons. The van der Waals surface area contributed by atoms with Crippen LogP contribution in [0.15, 0.2) is 18.2 Å². The summed E-state index contributed by atoms with van der Waals surface area (Å²) in [5.74, 6) is 0.685. The van der Waals surface area contributed by atoms with Crippen molar-refractivity contribution >= 4 is 28.7 Å². The predicted molar refractivity (Wildman–Crippen MR) is 89.0 cm³/mol. The van der Waals surface area contributed by atoms with Gasteiger partial charge in [-0.25, -0.2) is 0 Å². The number of benzene rings is 1. The maximum atomic E-state index is 12.5. The van der Waals surface area contributed by atoms with Crippen LogP contribution < -0.4 is 14.8 Å². The van der Waals surface area contributed by atoms with Crippen LogP contribution in [0.1, 0.15) is 44.3 Å². The van der Waals surface area contributed by atoms with Crippen LogP contribution in [0.4, 0.5) is 5.69 Å². The highest BCUT2D eigenvalue weighted by Gasteiger charge is 2.21. The van der Waals surface area contributed by atoms with Crippen LogP contribution in [0, 0.1) is 6.92 Å². The van der Waals surface area contributed by atoms with Crippen LogP contribution in [0.2, 0.25) is 0 Å². The zero-order valence-corrected chi connectivity index (χ0v) is 14.0. The second-order valence-electron chi connectivity index (χ2n) is 5.31. The molecule has 1 aliphatic rings. The van der Waals surface area contributed by atoms with E-state index in [-0.39, 0.29) is 18.5 Å². The van der Waals surface area contributed by atoms with Crippen LogP contribution in [0.25, 0.3) is 0 Å². The van der Waals surface area contributed by atoms with Crippen molar-refractivity contribution in [2.75, 3.05) is 12.1 Å². The number of ketones is 1. The molecule has 1 amide bonds. The summed E-state index contributed by atoms with van der Waals surface area (Å²) in [6.45, 7) is 5.63. The highest BCUT2D eigenvalue weighted by atomic mass is 32.1. The molecular formula is C17H17NO4S. The van der Waals surface area contributed by atoms with E-state index in [1.807, 2.05) is 13.0 Å². The Labute approximate surface area is 138 Å². The van der Waals surface area contributed by atoms with E-state index in [0.717, 1.165) is 16.9 Å². The van der Waals surface area contributed by atoms with E-state index < -0.39 is 0 Å². The Balaban J connectivity index is 1.92.